The molecule has 0 aliphatic rings. The molecule has 14 heavy (non-hydrogen) atoms. The summed E-state index contributed by atoms with van der Waals surface area (Å²) in [4.78, 5) is 21.5. The summed E-state index contributed by atoms with van der Waals surface area (Å²) in [5.74, 6) is -0.850. The van der Waals surface area contributed by atoms with E-state index in [0.29, 0.717) is 12.0 Å². The van der Waals surface area contributed by atoms with E-state index in [1.165, 1.54) is 6.08 Å². The lowest BCUT2D eigenvalue weighted by Crippen LogP contribution is -1.99. The van der Waals surface area contributed by atoms with E-state index in [-0.39, 0.29) is 12.2 Å². The Morgan fingerprint density at radius 2 is 1.93 bits per heavy atom. The molecule has 0 atom stereocenters. The molecule has 0 radical (unpaired) electrons. The number of carbonyl (C=O) groups excluding carboxylic acids is 1. The highest BCUT2D eigenvalue weighted by Gasteiger charge is 2.02. The molecule has 0 bridgehead atoms. The summed E-state index contributed by atoms with van der Waals surface area (Å²) in [6.07, 6.45) is 4.98. The molecule has 1 N–H and O–H groups in total. The van der Waals surface area contributed by atoms with Gasteiger partial charge in [-0.25, -0.2) is 0 Å². The van der Waals surface area contributed by atoms with E-state index in [0.717, 1.165) is 19.3 Å². The van der Waals surface area contributed by atoms with Crippen LogP contribution in [0.2, 0.25) is 0 Å². The minimum Gasteiger partial charge on any atom is -0.481 e. The number of carboxylic acids is 1. The third kappa shape index (κ3) is 7.53. The Kier molecular flexibility index (Phi) is 6.72. The van der Waals surface area contributed by atoms with Crippen LogP contribution in [0.3, 0.4) is 0 Å². The number of ketones is 1. The Morgan fingerprint density at radius 3 is 2.43 bits per heavy atom. The largest absolute Gasteiger partial charge is 0.481 e. The molecule has 0 fully saturated rings. The van der Waals surface area contributed by atoms with Crippen molar-refractivity contribution in [2.75, 3.05) is 0 Å². The van der Waals surface area contributed by atoms with Crippen molar-refractivity contribution < 1.29 is 14.7 Å². The van der Waals surface area contributed by atoms with Crippen LogP contribution >= 0.6 is 0 Å². The van der Waals surface area contributed by atoms with Crippen LogP contribution in [0.5, 0.6) is 0 Å². The molecule has 3 nitrogen and oxygen atoms in total. The van der Waals surface area contributed by atoms with Crippen LogP contribution in [-0.4, -0.2) is 16.9 Å². The summed E-state index contributed by atoms with van der Waals surface area (Å²) < 4.78 is 0. The van der Waals surface area contributed by atoms with Crippen LogP contribution in [0, 0.1) is 0 Å². The van der Waals surface area contributed by atoms with E-state index in [4.69, 9.17) is 5.11 Å². The summed E-state index contributed by atoms with van der Waals surface area (Å²) in [5.41, 5.74) is 0.624. The van der Waals surface area contributed by atoms with Gasteiger partial charge in [-0.15, -0.1) is 0 Å². The van der Waals surface area contributed by atoms with Crippen LogP contribution in [0.4, 0.5) is 0 Å². The van der Waals surface area contributed by atoms with Crippen molar-refractivity contribution in [3.63, 3.8) is 0 Å². The number of unbranched alkanes of at least 4 members (excludes halogenated alkanes) is 2. The molecule has 0 saturated heterocycles. The fraction of sp³-hybridized carbons (Fsp3) is 0.636. The first kappa shape index (κ1) is 12.9. The predicted molar refractivity (Wildman–Crippen MR) is 55.2 cm³/mol. The van der Waals surface area contributed by atoms with Gasteiger partial charge in [0.15, 0.2) is 5.78 Å². The Balaban J connectivity index is 3.83. The van der Waals surface area contributed by atoms with Gasteiger partial charge in [0.1, 0.15) is 0 Å². The van der Waals surface area contributed by atoms with Crippen LogP contribution in [0.25, 0.3) is 0 Å². The van der Waals surface area contributed by atoms with E-state index in [1.54, 1.807) is 6.92 Å². The molecule has 0 aromatic rings. The van der Waals surface area contributed by atoms with Crippen molar-refractivity contribution in [3.05, 3.63) is 11.6 Å². The Bertz CT molecular complexity index is 229. The van der Waals surface area contributed by atoms with E-state index < -0.39 is 5.97 Å². The van der Waals surface area contributed by atoms with Crippen LogP contribution in [0.1, 0.15) is 46.0 Å². The predicted octanol–water partition coefficient (Wildman–Crippen LogP) is 2.56. The molecule has 0 aromatic heterocycles. The zero-order valence-corrected chi connectivity index (χ0v) is 8.88. The molecule has 0 spiro atoms. The number of hydrogen-bond acceptors (Lipinski definition) is 2. The van der Waals surface area contributed by atoms with Crippen molar-refractivity contribution >= 4 is 11.8 Å². The highest BCUT2D eigenvalue weighted by molar-refractivity contribution is 5.90. The number of rotatable bonds is 7. The standard InChI is InChI=1S/C11H18O3/c1-3-4-5-6-10(12)7-9(2)8-11(13)14/h7H,3-6,8H2,1-2H3,(H,13,14)/b9-7+. The molecule has 80 valence electrons. The second-order valence-electron chi connectivity index (χ2n) is 3.48. The maximum Gasteiger partial charge on any atom is 0.307 e. The lowest BCUT2D eigenvalue weighted by Gasteiger charge is -1.97. The van der Waals surface area contributed by atoms with Gasteiger partial charge in [-0.05, 0) is 19.4 Å². The normalized spacial score (nSPS) is 11.4. The van der Waals surface area contributed by atoms with Gasteiger partial charge in [-0.3, -0.25) is 9.59 Å². The molecule has 0 aliphatic carbocycles. The molecule has 0 heterocycles. The first-order valence-electron chi connectivity index (χ1n) is 4.98. The number of allylic oxidation sites excluding steroid dienone is 1. The fourth-order valence-electron chi connectivity index (χ4n) is 1.19. The summed E-state index contributed by atoms with van der Waals surface area (Å²) in [6, 6.07) is 0. The number of carbonyl (C=O) groups is 2. The van der Waals surface area contributed by atoms with Crippen molar-refractivity contribution in [2.45, 2.75) is 46.0 Å². The zero-order valence-electron chi connectivity index (χ0n) is 8.88. The molecule has 3 heteroatoms. The zero-order chi connectivity index (χ0) is 11.0. The first-order valence-corrected chi connectivity index (χ1v) is 4.98. The molecule has 0 aliphatic heterocycles. The van der Waals surface area contributed by atoms with Crippen LogP contribution in [-0.2, 0) is 9.59 Å². The molecular weight excluding hydrogens is 180 g/mol. The highest BCUT2D eigenvalue weighted by Crippen LogP contribution is 2.04. The highest BCUT2D eigenvalue weighted by atomic mass is 16.4. The topological polar surface area (TPSA) is 54.4 Å². The lowest BCUT2D eigenvalue weighted by molar-refractivity contribution is -0.136. The number of carboxylic acid groups (broad SMARTS) is 1. The summed E-state index contributed by atoms with van der Waals surface area (Å²) in [7, 11) is 0. The Morgan fingerprint density at radius 1 is 1.29 bits per heavy atom. The van der Waals surface area contributed by atoms with Crippen molar-refractivity contribution in [1.29, 1.82) is 0 Å². The molecule has 0 unspecified atom stereocenters. The van der Waals surface area contributed by atoms with Gasteiger partial charge < -0.3 is 5.11 Å². The average molecular weight is 198 g/mol. The lowest BCUT2D eigenvalue weighted by atomic mass is 10.1. The van der Waals surface area contributed by atoms with Gasteiger partial charge in [0.2, 0.25) is 0 Å². The molecule has 0 saturated carbocycles. The van der Waals surface area contributed by atoms with Gasteiger partial charge in [0.05, 0.1) is 6.42 Å². The van der Waals surface area contributed by atoms with Crippen molar-refractivity contribution in [2.24, 2.45) is 0 Å². The van der Waals surface area contributed by atoms with E-state index in [9.17, 15) is 9.59 Å². The van der Waals surface area contributed by atoms with Gasteiger partial charge in [0.25, 0.3) is 0 Å². The van der Waals surface area contributed by atoms with E-state index in [2.05, 4.69) is 6.92 Å². The molecule has 0 rings (SSSR count). The minimum atomic E-state index is -0.889. The van der Waals surface area contributed by atoms with E-state index >= 15 is 0 Å². The van der Waals surface area contributed by atoms with Gasteiger partial charge >= 0.3 is 5.97 Å². The minimum absolute atomic E-state index is 0.0391. The summed E-state index contributed by atoms with van der Waals surface area (Å²) in [5, 5.41) is 8.46. The molecule has 0 aromatic carbocycles. The number of hydrogen-bond donors (Lipinski definition) is 1. The maximum atomic E-state index is 11.2. The maximum absolute atomic E-state index is 11.2. The second kappa shape index (κ2) is 7.30. The van der Waals surface area contributed by atoms with E-state index in [1.807, 2.05) is 0 Å². The average Bonchev–Trinajstić information content (AvgIpc) is 2.02. The number of aliphatic carboxylic acids is 1. The van der Waals surface area contributed by atoms with Gasteiger partial charge in [0, 0.05) is 6.42 Å². The molecular formula is C11H18O3. The quantitative estimate of drug-likeness (QED) is 0.505. The SMILES string of the molecule is CCCCCC(=O)/C=C(\C)CC(=O)O. The third-order valence-corrected chi connectivity index (χ3v) is 1.86. The fourth-order valence-corrected chi connectivity index (χ4v) is 1.19. The third-order valence-electron chi connectivity index (χ3n) is 1.86. The second-order valence-corrected chi connectivity index (χ2v) is 3.48. The first-order chi connectivity index (χ1) is 6.56. The van der Waals surface area contributed by atoms with Crippen LogP contribution < -0.4 is 0 Å². The van der Waals surface area contributed by atoms with Gasteiger partial charge in [-0.1, -0.05) is 25.3 Å². The summed E-state index contributed by atoms with van der Waals surface area (Å²) in [6.45, 7) is 3.75. The van der Waals surface area contributed by atoms with Crippen molar-refractivity contribution in [3.8, 4) is 0 Å². The monoisotopic (exact) mass is 198 g/mol. The van der Waals surface area contributed by atoms with Crippen LogP contribution in [0.15, 0.2) is 11.6 Å². The molecule has 0 amide bonds. The Hall–Kier alpha value is -1.12. The smallest absolute Gasteiger partial charge is 0.307 e. The summed E-state index contributed by atoms with van der Waals surface area (Å²) >= 11 is 0. The Labute approximate surface area is 84.8 Å². The van der Waals surface area contributed by atoms with Gasteiger partial charge in [-0.2, -0.15) is 0 Å². The van der Waals surface area contributed by atoms with Crippen molar-refractivity contribution in [1.82, 2.24) is 0 Å².